The minimum atomic E-state index is -3.93. The Bertz CT molecular complexity index is 1320. The molecule has 0 spiro atoms. The zero-order valence-electron chi connectivity index (χ0n) is 17.2. The third kappa shape index (κ3) is 4.65. The van der Waals surface area contributed by atoms with Crippen LogP contribution >= 0.6 is 34.7 Å². The molecule has 1 amide bonds. The molecule has 32 heavy (non-hydrogen) atoms. The van der Waals surface area contributed by atoms with Gasteiger partial charge < -0.3 is 4.57 Å². The van der Waals surface area contributed by atoms with E-state index < -0.39 is 27.8 Å². The highest BCUT2D eigenvalue weighted by molar-refractivity contribution is 7.98. The number of benzene rings is 2. The van der Waals surface area contributed by atoms with Crippen molar-refractivity contribution in [3.8, 4) is 0 Å². The first-order chi connectivity index (χ1) is 15.3. The second-order valence-electron chi connectivity index (χ2n) is 7.32. The van der Waals surface area contributed by atoms with E-state index in [0.717, 1.165) is 28.1 Å². The second-order valence-corrected chi connectivity index (χ2v) is 11.6. The summed E-state index contributed by atoms with van der Waals surface area (Å²) in [6.07, 6.45) is 2.95. The zero-order valence-corrected chi connectivity index (χ0v) is 20.4. The van der Waals surface area contributed by atoms with Gasteiger partial charge in [-0.15, -0.1) is 0 Å². The lowest BCUT2D eigenvalue weighted by Gasteiger charge is -2.21. The number of aromatic nitrogens is 1. The van der Waals surface area contributed by atoms with Gasteiger partial charge in [0.25, 0.3) is 5.91 Å². The Morgan fingerprint density at radius 2 is 2.03 bits per heavy atom. The highest BCUT2D eigenvalue weighted by atomic mass is 35.5. The van der Waals surface area contributed by atoms with Crippen LogP contribution in [0.4, 0.5) is 4.39 Å². The van der Waals surface area contributed by atoms with Gasteiger partial charge >= 0.3 is 0 Å². The maximum atomic E-state index is 13.2. The van der Waals surface area contributed by atoms with Crippen molar-refractivity contribution in [2.24, 2.45) is 4.99 Å². The van der Waals surface area contributed by atoms with Crippen LogP contribution in [0.15, 0.2) is 52.4 Å². The van der Waals surface area contributed by atoms with Gasteiger partial charge in [-0.05, 0) is 61.6 Å². The highest BCUT2D eigenvalue weighted by Gasteiger charge is 2.39. The molecule has 1 unspecified atom stereocenters. The quantitative estimate of drug-likeness (QED) is 0.496. The Morgan fingerprint density at radius 1 is 1.28 bits per heavy atom. The third-order valence-corrected chi connectivity index (χ3v) is 9.07. The number of halogens is 2. The summed E-state index contributed by atoms with van der Waals surface area (Å²) < 4.78 is 43.5. The van der Waals surface area contributed by atoms with Crippen LogP contribution in [0.5, 0.6) is 0 Å². The molecule has 4 rings (SSSR count). The molecule has 6 nitrogen and oxygen atoms in total. The van der Waals surface area contributed by atoms with Gasteiger partial charge in [-0.1, -0.05) is 22.9 Å². The molecule has 2 aromatic carbocycles. The lowest BCUT2D eigenvalue weighted by Crippen LogP contribution is -2.40. The number of hydrogen-bond donors (Lipinski definition) is 0. The fraction of sp³-hybridized carbons (Fsp3) is 0.333. The number of aryl methyl sites for hydroxylation is 1. The Hall–Kier alpha value is -1.72. The summed E-state index contributed by atoms with van der Waals surface area (Å²) in [5, 5.41) is 0.598. The largest absolute Gasteiger partial charge is 0.316 e. The fourth-order valence-electron chi connectivity index (χ4n) is 3.72. The van der Waals surface area contributed by atoms with Crippen molar-refractivity contribution >= 4 is 60.8 Å². The molecule has 0 bridgehead atoms. The lowest BCUT2D eigenvalue weighted by atomic mass is 10.2. The van der Waals surface area contributed by atoms with Crippen LogP contribution in [0, 0.1) is 5.82 Å². The fourth-order valence-corrected chi connectivity index (χ4v) is 7.07. The SMILES string of the molecule is CSCCn1c(=NC(=O)C2CCCN2S(=O)(=O)c2ccc(F)cc2)sc2cc(Cl)ccc21. The normalized spacial score (nSPS) is 18.0. The molecule has 1 aliphatic rings. The summed E-state index contributed by atoms with van der Waals surface area (Å²) in [4.78, 5) is 18.0. The van der Waals surface area contributed by atoms with Crippen LogP contribution in [0.25, 0.3) is 10.2 Å². The number of sulfonamides is 1. The Morgan fingerprint density at radius 3 is 2.75 bits per heavy atom. The molecule has 170 valence electrons. The van der Waals surface area contributed by atoms with Crippen LogP contribution in [-0.4, -0.2) is 47.8 Å². The molecule has 1 aliphatic heterocycles. The van der Waals surface area contributed by atoms with E-state index in [-0.39, 0.29) is 11.4 Å². The number of thiazole rings is 1. The van der Waals surface area contributed by atoms with Gasteiger partial charge in [0.2, 0.25) is 10.0 Å². The molecule has 1 atom stereocenters. The molecule has 1 fully saturated rings. The number of fused-ring (bicyclic) bond motifs is 1. The van der Waals surface area contributed by atoms with E-state index in [1.54, 1.807) is 17.8 Å². The number of nitrogens with zero attached hydrogens (tertiary/aromatic N) is 3. The van der Waals surface area contributed by atoms with E-state index in [9.17, 15) is 17.6 Å². The van der Waals surface area contributed by atoms with Crippen molar-refractivity contribution in [1.29, 1.82) is 0 Å². The van der Waals surface area contributed by atoms with E-state index in [2.05, 4.69) is 4.99 Å². The van der Waals surface area contributed by atoms with Crippen molar-refractivity contribution in [3.63, 3.8) is 0 Å². The first-order valence-corrected chi connectivity index (χ1v) is 14.0. The van der Waals surface area contributed by atoms with Gasteiger partial charge in [0, 0.05) is 23.9 Å². The van der Waals surface area contributed by atoms with Gasteiger partial charge in [0.15, 0.2) is 4.80 Å². The van der Waals surface area contributed by atoms with Crippen molar-refractivity contribution < 1.29 is 17.6 Å². The van der Waals surface area contributed by atoms with Crippen molar-refractivity contribution in [2.45, 2.75) is 30.3 Å². The molecule has 0 N–H and O–H groups in total. The molecule has 3 aromatic rings. The third-order valence-electron chi connectivity index (χ3n) is 5.28. The lowest BCUT2D eigenvalue weighted by molar-refractivity contribution is -0.121. The number of hydrogen-bond acceptors (Lipinski definition) is 5. The Labute approximate surface area is 198 Å². The van der Waals surface area contributed by atoms with Crippen molar-refractivity contribution in [2.75, 3.05) is 18.6 Å². The van der Waals surface area contributed by atoms with E-state index in [1.165, 1.54) is 27.8 Å². The van der Waals surface area contributed by atoms with Gasteiger partial charge in [-0.2, -0.15) is 21.1 Å². The molecule has 2 heterocycles. The summed E-state index contributed by atoms with van der Waals surface area (Å²) in [6.45, 7) is 0.886. The van der Waals surface area contributed by atoms with Crippen molar-refractivity contribution in [1.82, 2.24) is 8.87 Å². The molecule has 1 saturated heterocycles. The van der Waals surface area contributed by atoms with Crippen LogP contribution in [0.3, 0.4) is 0 Å². The predicted octanol–water partition coefficient (Wildman–Crippen LogP) is 4.14. The number of amides is 1. The van der Waals surface area contributed by atoms with E-state index in [1.807, 2.05) is 23.0 Å². The number of carbonyl (C=O) groups is 1. The van der Waals surface area contributed by atoms with Gasteiger partial charge in [0.1, 0.15) is 11.9 Å². The average molecular weight is 514 g/mol. The molecule has 0 radical (unpaired) electrons. The van der Waals surface area contributed by atoms with Crippen molar-refractivity contribution in [3.05, 3.63) is 58.1 Å². The Kier molecular flexibility index (Phi) is 7.06. The summed E-state index contributed by atoms with van der Waals surface area (Å²) in [5.41, 5.74) is 0.933. The molecular formula is C21H21ClFN3O3S3. The first kappa shape index (κ1) is 23.4. The standard InChI is InChI=1S/C21H21ClFN3O3S3/c1-30-12-11-25-17-9-4-14(22)13-19(17)31-21(25)24-20(27)18-3-2-10-26(18)32(28,29)16-7-5-15(23)6-8-16/h4-9,13,18H,2-3,10-12H2,1H3. The summed E-state index contributed by atoms with van der Waals surface area (Å²) in [6, 6.07) is 9.28. The summed E-state index contributed by atoms with van der Waals surface area (Å²) >= 11 is 9.17. The van der Waals surface area contributed by atoms with Crippen LogP contribution in [0.2, 0.25) is 5.02 Å². The summed E-state index contributed by atoms with van der Waals surface area (Å²) in [5.74, 6) is -0.180. The summed E-state index contributed by atoms with van der Waals surface area (Å²) in [7, 11) is -3.93. The van der Waals surface area contributed by atoms with Gasteiger partial charge in [-0.25, -0.2) is 12.8 Å². The van der Waals surface area contributed by atoms with E-state index >= 15 is 0 Å². The van der Waals surface area contributed by atoms with Gasteiger partial charge in [0.05, 0.1) is 15.1 Å². The molecule has 0 saturated carbocycles. The molecule has 1 aromatic heterocycles. The Balaban J connectivity index is 1.71. The molecule has 11 heteroatoms. The van der Waals surface area contributed by atoms with Crippen LogP contribution in [-0.2, 0) is 21.4 Å². The van der Waals surface area contributed by atoms with Gasteiger partial charge in [-0.3, -0.25) is 4.79 Å². The zero-order chi connectivity index (χ0) is 22.9. The molecule has 0 aliphatic carbocycles. The first-order valence-electron chi connectivity index (χ1n) is 9.95. The number of rotatable bonds is 6. The maximum absolute atomic E-state index is 13.2. The minimum absolute atomic E-state index is 0.0369. The van der Waals surface area contributed by atoms with Crippen LogP contribution in [0.1, 0.15) is 12.8 Å². The smallest absolute Gasteiger partial charge is 0.266 e. The van der Waals surface area contributed by atoms with E-state index in [4.69, 9.17) is 11.6 Å². The average Bonchev–Trinajstić information content (AvgIpc) is 3.37. The second kappa shape index (κ2) is 9.64. The van der Waals surface area contributed by atoms with E-state index in [0.29, 0.717) is 29.2 Å². The maximum Gasteiger partial charge on any atom is 0.266 e. The predicted molar refractivity (Wildman–Crippen MR) is 127 cm³/mol. The monoisotopic (exact) mass is 513 g/mol. The topological polar surface area (TPSA) is 71.7 Å². The van der Waals surface area contributed by atoms with Crippen LogP contribution < -0.4 is 4.80 Å². The highest BCUT2D eigenvalue weighted by Crippen LogP contribution is 2.27. The minimum Gasteiger partial charge on any atom is -0.316 e. The molecular weight excluding hydrogens is 493 g/mol. The number of thioether (sulfide) groups is 1. The number of carbonyl (C=O) groups excluding carboxylic acids is 1.